The van der Waals surface area contributed by atoms with Gasteiger partial charge in [-0.1, -0.05) is 6.07 Å². The van der Waals surface area contributed by atoms with E-state index in [4.69, 9.17) is 5.73 Å². The molecule has 5 heteroatoms. The van der Waals surface area contributed by atoms with Crippen molar-refractivity contribution in [1.29, 1.82) is 0 Å². The van der Waals surface area contributed by atoms with Gasteiger partial charge in [0.25, 0.3) is 5.91 Å². The van der Waals surface area contributed by atoms with Crippen LogP contribution in [-0.4, -0.2) is 15.9 Å². The van der Waals surface area contributed by atoms with Gasteiger partial charge in [-0.2, -0.15) is 0 Å². The van der Waals surface area contributed by atoms with E-state index in [2.05, 4.69) is 15.3 Å². The van der Waals surface area contributed by atoms with Crippen molar-refractivity contribution in [3.63, 3.8) is 0 Å². The molecule has 3 rings (SSSR count). The highest BCUT2D eigenvalue weighted by Gasteiger charge is 2.12. The molecule has 0 unspecified atom stereocenters. The molecule has 0 saturated heterocycles. The van der Waals surface area contributed by atoms with Gasteiger partial charge in [0.05, 0.1) is 0 Å². The van der Waals surface area contributed by atoms with Crippen molar-refractivity contribution in [3.8, 4) is 0 Å². The van der Waals surface area contributed by atoms with E-state index >= 15 is 0 Å². The van der Waals surface area contributed by atoms with E-state index in [1.165, 1.54) is 0 Å². The van der Waals surface area contributed by atoms with Crippen LogP contribution in [0.15, 0.2) is 55.0 Å². The zero-order valence-corrected chi connectivity index (χ0v) is 10.6. The Morgan fingerprint density at radius 2 is 1.85 bits per heavy atom. The van der Waals surface area contributed by atoms with E-state index in [0.29, 0.717) is 17.1 Å². The summed E-state index contributed by atoms with van der Waals surface area (Å²) in [6.07, 6.45) is 4.84. The molecule has 1 amide bonds. The Morgan fingerprint density at radius 3 is 2.65 bits per heavy atom. The van der Waals surface area contributed by atoms with Crippen LogP contribution in [0.2, 0.25) is 0 Å². The molecule has 0 radical (unpaired) electrons. The number of nitrogen functional groups attached to an aromatic ring is 1. The summed E-state index contributed by atoms with van der Waals surface area (Å²) >= 11 is 0. The van der Waals surface area contributed by atoms with Crippen LogP contribution in [0.5, 0.6) is 0 Å². The van der Waals surface area contributed by atoms with Crippen molar-refractivity contribution < 1.29 is 4.79 Å². The molecule has 2 aromatic heterocycles. The number of nitrogens with one attached hydrogen (secondary N) is 1. The maximum absolute atomic E-state index is 12.3. The molecule has 3 aromatic rings. The number of aromatic nitrogens is 2. The molecule has 0 aliphatic rings. The van der Waals surface area contributed by atoms with E-state index in [9.17, 15) is 4.79 Å². The van der Waals surface area contributed by atoms with E-state index < -0.39 is 0 Å². The normalized spacial score (nSPS) is 10.4. The lowest BCUT2D eigenvalue weighted by Gasteiger charge is -2.07. The first-order valence-corrected chi connectivity index (χ1v) is 6.10. The number of pyridine rings is 2. The zero-order chi connectivity index (χ0) is 13.9. The quantitative estimate of drug-likeness (QED) is 0.697. The van der Waals surface area contributed by atoms with Gasteiger partial charge in [0, 0.05) is 35.4 Å². The number of amides is 1. The highest BCUT2D eigenvalue weighted by molar-refractivity contribution is 6.11. The fourth-order valence-electron chi connectivity index (χ4n) is 1.99. The average molecular weight is 264 g/mol. The average Bonchev–Trinajstić information content (AvgIpc) is 2.47. The molecule has 98 valence electrons. The van der Waals surface area contributed by atoms with Crippen LogP contribution in [0.25, 0.3) is 10.8 Å². The molecule has 1 aromatic carbocycles. The van der Waals surface area contributed by atoms with Gasteiger partial charge < -0.3 is 11.1 Å². The Bertz CT molecular complexity index is 771. The summed E-state index contributed by atoms with van der Waals surface area (Å²) in [5, 5.41) is 4.45. The summed E-state index contributed by atoms with van der Waals surface area (Å²) in [5.41, 5.74) is 7.41. The van der Waals surface area contributed by atoms with Crippen molar-refractivity contribution in [1.82, 2.24) is 9.97 Å². The summed E-state index contributed by atoms with van der Waals surface area (Å²) in [5.74, 6) is -0.271. The van der Waals surface area contributed by atoms with Crippen LogP contribution < -0.4 is 11.1 Å². The van der Waals surface area contributed by atoms with E-state index in [0.717, 1.165) is 10.8 Å². The Labute approximate surface area is 115 Å². The standard InChI is InChI=1S/C15H12N4O/c16-11-2-1-10-3-8-18-14(13(10)9-11)15(20)19-12-4-6-17-7-5-12/h1-9H,16H2,(H,17,19,20). The van der Waals surface area contributed by atoms with Crippen molar-refractivity contribution in [2.24, 2.45) is 0 Å². The van der Waals surface area contributed by atoms with Crippen LogP contribution >= 0.6 is 0 Å². The minimum atomic E-state index is -0.271. The van der Waals surface area contributed by atoms with Crippen molar-refractivity contribution >= 4 is 28.1 Å². The van der Waals surface area contributed by atoms with Crippen molar-refractivity contribution in [3.05, 3.63) is 60.7 Å². The largest absolute Gasteiger partial charge is 0.399 e. The molecular formula is C15H12N4O. The van der Waals surface area contributed by atoms with Crippen LogP contribution in [0.3, 0.4) is 0 Å². The lowest BCUT2D eigenvalue weighted by molar-refractivity contribution is 0.102. The van der Waals surface area contributed by atoms with Gasteiger partial charge in [0.15, 0.2) is 0 Å². The second kappa shape index (κ2) is 4.97. The van der Waals surface area contributed by atoms with Crippen molar-refractivity contribution in [2.45, 2.75) is 0 Å². The Morgan fingerprint density at radius 1 is 1.05 bits per heavy atom. The lowest BCUT2D eigenvalue weighted by atomic mass is 10.1. The fraction of sp³-hybridized carbons (Fsp3) is 0. The fourth-order valence-corrected chi connectivity index (χ4v) is 1.99. The van der Waals surface area contributed by atoms with Gasteiger partial charge in [-0.25, -0.2) is 0 Å². The molecule has 0 aliphatic carbocycles. The number of benzene rings is 1. The third kappa shape index (κ3) is 2.29. The number of carbonyl (C=O) groups is 1. The molecule has 0 aliphatic heterocycles. The summed E-state index contributed by atoms with van der Waals surface area (Å²) in [7, 11) is 0. The number of nitrogens with zero attached hydrogens (tertiary/aromatic N) is 2. The first-order chi connectivity index (χ1) is 9.74. The van der Waals surface area contributed by atoms with Gasteiger partial charge >= 0.3 is 0 Å². The number of anilines is 2. The monoisotopic (exact) mass is 264 g/mol. The molecule has 3 N–H and O–H groups in total. The maximum atomic E-state index is 12.3. The van der Waals surface area contributed by atoms with Crippen LogP contribution in [0.1, 0.15) is 10.5 Å². The Balaban J connectivity index is 2.01. The number of fused-ring (bicyclic) bond motifs is 1. The Hall–Kier alpha value is -2.95. The highest BCUT2D eigenvalue weighted by Crippen LogP contribution is 2.20. The smallest absolute Gasteiger partial charge is 0.274 e. The molecule has 0 atom stereocenters. The maximum Gasteiger partial charge on any atom is 0.274 e. The second-order valence-corrected chi connectivity index (χ2v) is 4.33. The predicted octanol–water partition coefficient (Wildman–Crippen LogP) is 2.46. The highest BCUT2D eigenvalue weighted by atomic mass is 16.1. The van der Waals surface area contributed by atoms with E-state index in [1.54, 1.807) is 42.9 Å². The van der Waals surface area contributed by atoms with Gasteiger partial charge in [-0.05, 0) is 35.7 Å². The first kappa shape index (κ1) is 12.1. The van der Waals surface area contributed by atoms with E-state index in [-0.39, 0.29) is 5.91 Å². The number of nitrogens with two attached hydrogens (primary N) is 1. The van der Waals surface area contributed by atoms with Gasteiger partial charge in [-0.3, -0.25) is 14.8 Å². The third-order valence-corrected chi connectivity index (χ3v) is 2.94. The zero-order valence-electron chi connectivity index (χ0n) is 10.6. The minimum Gasteiger partial charge on any atom is -0.399 e. The molecule has 2 heterocycles. The molecule has 5 nitrogen and oxygen atoms in total. The lowest BCUT2D eigenvalue weighted by Crippen LogP contribution is -2.14. The molecule has 0 fully saturated rings. The number of hydrogen-bond donors (Lipinski definition) is 2. The van der Waals surface area contributed by atoms with Gasteiger partial charge in [0.2, 0.25) is 0 Å². The summed E-state index contributed by atoms with van der Waals surface area (Å²) in [6, 6.07) is 10.7. The molecule has 0 spiro atoms. The number of hydrogen-bond acceptors (Lipinski definition) is 4. The van der Waals surface area contributed by atoms with E-state index in [1.807, 2.05) is 12.1 Å². The molecule has 0 saturated carbocycles. The SMILES string of the molecule is Nc1ccc2ccnc(C(=O)Nc3ccncc3)c2c1. The minimum absolute atomic E-state index is 0.271. The number of rotatable bonds is 2. The predicted molar refractivity (Wildman–Crippen MR) is 78.3 cm³/mol. The molecule has 20 heavy (non-hydrogen) atoms. The molecular weight excluding hydrogens is 252 g/mol. The first-order valence-electron chi connectivity index (χ1n) is 6.10. The summed E-state index contributed by atoms with van der Waals surface area (Å²) in [6.45, 7) is 0. The third-order valence-electron chi connectivity index (χ3n) is 2.94. The molecule has 0 bridgehead atoms. The topological polar surface area (TPSA) is 80.9 Å². The van der Waals surface area contributed by atoms with Crippen LogP contribution in [0, 0.1) is 0 Å². The van der Waals surface area contributed by atoms with Crippen LogP contribution in [-0.2, 0) is 0 Å². The summed E-state index contributed by atoms with van der Waals surface area (Å²) in [4.78, 5) is 20.4. The van der Waals surface area contributed by atoms with Gasteiger partial charge in [0.1, 0.15) is 5.69 Å². The Kier molecular flexibility index (Phi) is 3.01. The van der Waals surface area contributed by atoms with Crippen LogP contribution in [0.4, 0.5) is 11.4 Å². The van der Waals surface area contributed by atoms with Crippen molar-refractivity contribution in [2.75, 3.05) is 11.1 Å². The number of carbonyl (C=O) groups excluding carboxylic acids is 1. The van der Waals surface area contributed by atoms with Gasteiger partial charge in [-0.15, -0.1) is 0 Å². The second-order valence-electron chi connectivity index (χ2n) is 4.33. The summed E-state index contributed by atoms with van der Waals surface area (Å²) < 4.78 is 0.